The minimum absolute atomic E-state index is 0. The van der Waals surface area contributed by atoms with E-state index in [2.05, 4.69) is 16.8 Å². The normalized spacial score (nSPS) is 17.0. The molecule has 0 aromatic heterocycles. The van der Waals surface area contributed by atoms with E-state index in [0.717, 1.165) is 18.8 Å². The van der Waals surface area contributed by atoms with Crippen LogP contribution in [-0.4, -0.2) is 36.6 Å². The monoisotopic (exact) mass is 403 g/mol. The highest BCUT2D eigenvalue weighted by Crippen LogP contribution is 2.13. The topological polar surface area (TPSA) is 50.9 Å². The Hall–Kier alpha value is -0.980. The van der Waals surface area contributed by atoms with E-state index in [-0.39, 0.29) is 30.1 Å². The van der Waals surface area contributed by atoms with E-state index in [1.54, 1.807) is 0 Å². The first-order chi connectivity index (χ1) is 9.65. The van der Waals surface area contributed by atoms with Crippen molar-refractivity contribution in [3.05, 3.63) is 29.8 Å². The van der Waals surface area contributed by atoms with Gasteiger partial charge in [0.2, 0.25) is 0 Å². The van der Waals surface area contributed by atoms with Crippen LogP contribution in [-0.2, 0) is 0 Å². The number of nitrogens with two attached hydrogens (primary N) is 1. The summed E-state index contributed by atoms with van der Waals surface area (Å²) in [5.41, 5.74) is 7.26. The number of aliphatic imine (C=N–C) groups is 1. The van der Waals surface area contributed by atoms with Gasteiger partial charge in [-0.2, -0.15) is 0 Å². The fourth-order valence-corrected chi connectivity index (χ4v) is 2.33. The van der Waals surface area contributed by atoms with Crippen LogP contribution in [0.4, 0.5) is 0 Å². The number of hydrogen-bond acceptors (Lipinski definition) is 2. The number of halogens is 1. The second-order valence-corrected chi connectivity index (χ2v) is 5.49. The summed E-state index contributed by atoms with van der Waals surface area (Å²) in [7, 11) is 0. The highest BCUT2D eigenvalue weighted by Gasteiger charge is 2.12. The highest BCUT2D eigenvalue weighted by atomic mass is 127. The minimum atomic E-state index is 0. The van der Waals surface area contributed by atoms with E-state index in [1.165, 1.54) is 24.8 Å². The molecule has 1 aliphatic rings. The molecular weight excluding hydrogens is 377 g/mol. The summed E-state index contributed by atoms with van der Waals surface area (Å²) in [4.78, 5) is 6.63. The van der Waals surface area contributed by atoms with Gasteiger partial charge in [-0.3, -0.25) is 0 Å². The number of benzene rings is 1. The van der Waals surface area contributed by atoms with Crippen molar-refractivity contribution in [2.45, 2.75) is 39.2 Å². The fourth-order valence-electron chi connectivity index (χ4n) is 2.33. The first kappa shape index (κ1) is 18.1. The number of guanidine groups is 1. The molecule has 0 spiro atoms. The summed E-state index contributed by atoms with van der Waals surface area (Å²) in [6.45, 7) is 6.74. The third kappa shape index (κ3) is 6.11. The Morgan fingerprint density at radius 2 is 1.86 bits per heavy atom. The summed E-state index contributed by atoms with van der Waals surface area (Å²) < 4.78 is 5.83. The molecule has 0 aliphatic carbocycles. The van der Waals surface area contributed by atoms with Crippen molar-refractivity contribution in [1.29, 1.82) is 0 Å². The van der Waals surface area contributed by atoms with Crippen LogP contribution < -0.4 is 10.5 Å². The van der Waals surface area contributed by atoms with Gasteiger partial charge in [0.05, 0.1) is 6.54 Å². The van der Waals surface area contributed by atoms with Gasteiger partial charge in [-0.25, -0.2) is 4.99 Å². The zero-order valence-electron chi connectivity index (χ0n) is 12.9. The van der Waals surface area contributed by atoms with Crippen LogP contribution in [0.25, 0.3) is 0 Å². The second kappa shape index (κ2) is 9.12. The number of likely N-dealkylation sites (tertiary alicyclic amines) is 1. The maximum atomic E-state index is 6.03. The average molecular weight is 403 g/mol. The molecule has 0 saturated carbocycles. The molecule has 4 nitrogen and oxygen atoms in total. The van der Waals surface area contributed by atoms with Crippen molar-refractivity contribution < 1.29 is 4.74 Å². The molecule has 1 fully saturated rings. The van der Waals surface area contributed by atoms with E-state index in [1.807, 2.05) is 31.2 Å². The predicted molar refractivity (Wildman–Crippen MR) is 98.6 cm³/mol. The summed E-state index contributed by atoms with van der Waals surface area (Å²) >= 11 is 0. The molecule has 2 rings (SSSR count). The van der Waals surface area contributed by atoms with Gasteiger partial charge in [0.15, 0.2) is 5.96 Å². The number of aryl methyl sites for hydroxylation is 1. The maximum Gasteiger partial charge on any atom is 0.191 e. The molecule has 1 aromatic carbocycles. The second-order valence-electron chi connectivity index (χ2n) is 5.49. The predicted octanol–water partition coefficient (Wildman–Crippen LogP) is 3.18. The van der Waals surface area contributed by atoms with E-state index >= 15 is 0 Å². The lowest BCUT2D eigenvalue weighted by atomic mass is 10.1. The third-order valence-corrected chi connectivity index (χ3v) is 3.55. The van der Waals surface area contributed by atoms with Crippen LogP contribution in [0.3, 0.4) is 0 Å². The van der Waals surface area contributed by atoms with Crippen LogP contribution in [0.5, 0.6) is 5.75 Å². The number of hydrogen-bond donors (Lipinski definition) is 1. The lowest BCUT2D eigenvalue weighted by molar-refractivity contribution is 0.229. The Bertz CT molecular complexity index is 441. The molecule has 0 radical (unpaired) electrons. The SMILES string of the molecule is Cc1ccc(OC(C)CN=C(N)N2CCCCC2)cc1.I. The zero-order valence-corrected chi connectivity index (χ0v) is 15.2. The first-order valence-electron chi connectivity index (χ1n) is 7.43. The van der Waals surface area contributed by atoms with Gasteiger partial charge < -0.3 is 15.4 Å². The van der Waals surface area contributed by atoms with Gasteiger partial charge in [-0.05, 0) is 45.2 Å². The van der Waals surface area contributed by atoms with Crippen molar-refractivity contribution in [1.82, 2.24) is 4.90 Å². The molecular formula is C16H26IN3O. The largest absolute Gasteiger partial charge is 0.489 e. The zero-order chi connectivity index (χ0) is 14.4. The Labute approximate surface area is 144 Å². The quantitative estimate of drug-likeness (QED) is 0.477. The molecule has 0 bridgehead atoms. The average Bonchev–Trinajstić information content (AvgIpc) is 2.48. The molecule has 1 aromatic rings. The molecule has 1 saturated heterocycles. The standard InChI is InChI=1S/C16H25N3O.HI/c1-13-6-8-15(9-7-13)20-14(2)12-18-16(17)19-10-4-3-5-11-19;/h6-9,14H,3-5,10-12H2,1-2H3,(H2,17,18);1H. The van der Waals surface area contributed by atoms with Crippen molar-refractivity contribution in [2.75, 3.05) is 19.6 Å². The summed E-state index contributed by atoms with van der Waals surface area (Å²) in [5, 5.41) is 0. The van der Waals surface area contributed by atoms with Gasteiger partial charge in [-0.1, -0.05) is 17.7 Å². The number of rotatable bonds is 4. The third-order valence-electron chi connectivity index (χ3n) is 3.55. The number of nitrogens with zero attached hydrogens (tertiary/aromatic N) is 2. The molecule has 1 atom stereocenters. The summed E-state index contributed by atoms with van der Waals surface area (Å²) in [5.74, 6) is 1.54. The molecule has 1 unspecified atom stereocenters. The number of ether oxygens (including phenoxy) is 1. The summed E-state index contributed by atoms with van der Waals surface area (Å²) in [6.07, 6.45) is 3.76. The van der Waals surface area contributed by atoms with Crippen LogP contribution in [0.2, 0.25) is 0 Å². The lowest BCUT2D eigenvalue weighted by Gasteiger charge is -2.27. The molecule has 0 amide bonds. The molecule has 1 aliphatic heterocycles. The van der Waals surface area contributed by atoms with Crippen molar-refractivity contribution >= 4 is 29.9 Å². The van der Waals surface area contributed by atoms with E-state index in [9.17, 15) is 0 Å². The van der Waals surface area contributed by atoms with Crippen LogP contribution in [0.15, 0.2) is 29.3 Å². The van der Waals surface area contributed by atoms with Crippen LogP contribution in [0, 0.1) is 6.92 Å². The van der Waals surface area contributed by atoms with Gasteiger partial charge in [0.1, 0.15) is 11.9 Å². The molecule has 21 heavy (non-hydrogen) atoms. The highest BCUT2D eigenvalue weighted by molar-refractivity contribution is 14.0. The van der Waals surface area contributed by atoms with Gasteiger partial charge >= 0.3 is 0 Å². The Morgan fingerprint density at radius 3 is 2.48 bits per heavy atom. The maximum absolute atomic E-state index is 6.03. The summed E-state index contributed by atoms with van der Waals surface area (Å²) in [6, 6.07) is 8.08. The lowest BCUT2D eigenvalue weighted by Crippen LogP contribution is -2.41. The Kier molecular flexibility index (Phi) is 7.85. The van der Waals surface area contributed by atoms with E-state index < -0.39 is 0 Å². The van der Waals surface area contributed by atoms with Gasteiger partial charge in [0.25, 0.3) is 0 Å². The molecule has 5 heteroatoms. The van der Waals surface area contributed by atoms with E-state index in [0.29, 0.717) is 12.5 Å². The Balaban J connectivity index is 0.00000220. The fraction of sp³-hybridized carbons (Fsp3) is 0.562. The van der Waals surface area contributed by atoms with E-state index in [4.69, 9.17) is 10.5 Å². The molecule has 1 heterocycles. The van der Waals surface area contributed by atoms with Crippen LogP contribution in [0.1, 0.15) is 31.7 Å². The smallest absolute Gasteiger partial charge is 0.191 e. The van der Waals surface area contributed by atoms with Gasteiger partial charge in [0, 0.05) is 13.1 Å². The van der Waals surface area contributed by atoms with Crippen molar-refractivity contribution in [2.24, 2.45) is 10.7 Å². The first-order valence-corrected chi connectivity index (χ1v) is 7.43. The number of piperidine rings is 1. The minimum Gasteiger partial charge on any atom is -0.489 e. The van der Waals surface area contributed by atoms with Gasteiger partial charge in [-0.15, -0.1) is 24.0 Å². The molecule has 118 valence electrons. The Morgan fingerprint density at radius 1 is 1.24 bits per heavy atom. The van der Waals surface area contributed by atoms with Crippen LogP contribution >= 0.6 is 24.0 Å². The molecule has 2 N–H and O–H groups in total. The van der Waals surface area contributed by atoms with Crippen molar-refractivity contribution in [3.8, 4) is 5.75 Å². The van der Waals surface area contributed by atoms with Crippen molar-refractivity contribution in [3.63, 3.8) is 0 Å².